The molecule has 0 fully saturated rings. The predicted molar refractivity (Wildman–Crippen MR) is 62.8 cm³/mol. The lowest BCUT2D eigenvalue weighted by atomic mass is 10.1. The Morgan fingerprint density at radius 1 is 1.06 bits per heavy atom. The van der Waals surface area contributed by atoms with E-state index in [1.165, 1.54) is 24.5 Å². The summed E-state index contributed by atoms with van der Waals surface area (Å²) in [6.07, 6.45) is 1.24. The van der Waals surface area contributed by atoms with Gasteiger partial charge in [-0.3, -0.25) is 0 Å². The van der Waals surface area contributed by atoms with E-state index < -0.39 is 11.6 Å². The molecule has 6 heteroatoms. The van der Waals surface area contributed by atoms with Gasteiger partial charge >= 0.3 is 0 Å². The third-order valence-electron chi connectivity index (χ3n) is 1.93. The van der Waals surface area contributed by atoms with Gasteiger partial charge < -0.3 is 0 Å². The minimum absolute atomic E-state index is 0.169. The van der Waals surface area contributed by atoms with E-state index in [1.807, 2.05) is 0 Å². The molecule has 0 amide bonds. The van der Waals surface area contributed by atoms with E-state index in [0.29, 0.717) is 4.60 Å². The molecule has 0 N–H and O–H groups in total. The smallest absolute Gasteiger partial charge is 0.149 e. The molecule has 1 heterocycles. The SMILES string of the molecule is Fc1ccc(Br)c(F)c1-c1cc(Br)ncn1. The summed E-state index contributed by atoms with van der Waals surface area (Å²) in [5.41, 5.74) is 0.0238. The van der Waals surface area contributed by atoms with Crippen molar-refractivity contribution in [3.05, 3.63) is 45.2 Å². The molecule has 0 saturated heterocycles. The minimum atomic E-state index is -0.675. The van der Waals surface area contributed by atoms with Crippen molar-refractivity contribution in [1.29, 1.82) is 0 Å². The second-order valence-corrected chi connectivity index (χ2v) is 4.61. The molecule has 0 aliphatic rings. The van der Waals surface area contributed by atoms with E-state index in [0.717, 1.165) is 0 Å². The van der Waals surface area contributed by atoms with Crippen LogP contribution in [0, 0.1) is 11.6 Å². The van der Waals surface area contributed by atoms with Crippen LogP contribution in [0.25, 0.3) is 11.3 Å². The van der Waals surface area contributed by atoms with Gasteiger partial charge in [-0.15, -0.1) is 0 Å². The van der Waals surface area contributed by atoms with Crippen molar-refractivity contribution < 1.29 is 8.78 Å². The topological polar surface area (TPSA) is 25.8 Å². The molecular formula is C10H4Br2F2N2. The fourth-order valence-corrected chi connectivity index (χ4v) is 1.87. The molecule has 0 spiro atoms. The Labute approximate surface area is 107 Å². The number of aromatic nitrogens is 2. The first-order chi connectivity index (χ1) is 7.59. The highest BCUT2D eigenvalue weighted by atomic mass is 79.9. The van der Waals surface area contributed by atoms with Crippen molar-refractivity contribution in [1.82, 2.24) is 9.97 Å². The average Bonchev–Trinajstić information content (AvgIpc) is 2.24. The molecule has 2 nitrogen and oxygen atoms in total. The molecule has 1 aromatic carbocycles. The van der Waals surface area contributed by atoms with E-state index >= 15 is 0 Å². The minimum Gasteiger partial charge on any atom is -0.236 e. The van der Waals surface area contributed by atoms with Gasteiger partial charge in [-0.2, -0.15) is 0 Å². The summed E-state index contributed by atoms with van der Waals surface area (Å²) in [5, 5.41) is 0. The number of hydrogen-bond acceptors (Lipinski definition) is 2. The van der Waals surface area contributed by atoms with Crippen LogP contribution in [0.5, 0.6) is 0 Å². The van der Waals surface area contributed by atoms with Crippen LogP contribution < -0.4 is 0 Å². The maximum Gasteiger partial charge on any atom is 0.149 e. The van der Waals surface area contributed by atoms with Crippen LogP contribution in [0.3, 0.4) is 0 Å². The van der Waals surface area contributed by atoms with Crippen LogP contribution in [0.2, 0.25) is 0 Å². The lowest BCUT2D eigenvalue weighted by Crippen LogP contribution is -1.94. The van der Waals surface area contributed by atoms with Gasteiger partial charge in [0.15, 0.2) is 0 Å². The summed E-state index contributed by atoms with van der Waals surface area (Å²) in [6, 6.07) is 3.94. The molecule has 0 aliphatic carbocycles. The average molecular weight is 350 g/mol. The van der Waals surface area contributed by atoms with Gasteiger partial charge in [0.1, 0.15) is 22.6 Å². The zero-order valence-corrected chi connectivity index (χ0v) is 10.9. The Kier molecular flexibility index (Phi) is 3.30. The number of halogens is 4. The van der Waals surface area contributed by atoms with Crippen molar-refractivity contribution in [3.63, 3.8) is 0 Å². The molecule has 2 rings (SSSR count). The normalized spacial score (nSPS) is 10.5. The Morgan fingerprint density at radius 3 is 2.50 bits per heavy atom. The van der Waals surface area contributed by atoms with Crippen LogP contribution in [0.1, 0.15) is 0 Å². The quantitative estimate of drug-likeness (QED) is 0.575. The molecule has 0 bridgehead atoms. The molecule has 0 saturated carbocycles. The molecule has 0 aliphatic heterocycles. The Bertz CT molecular complexity index is 546. The Morgan fingerprint density at radius 2 is 1.81 bits per heavy atom. The van der Waals surface area contributed by atoms with Crippen LogP contribution in [-0.2, 0) is 0 Å². The highest BCUT2D eigenvalue weighted by Crippen LogP contribution is 2.29. The van der Waals surface area contributed by atoms with Crippen molar-refractivity contribution >= 4 is 31.9 Å². The largest absolute Gasteiger partial charge is 0.236 e. The van der Waals surface area contributed by atoms with Gasteiger partial charge in [-0.1, -0.05) is 0 Å². The number of benzene rings is 1. The zero-order chi connectivity index (χ0) is 11.7. The molecule has 1 aromatic heterocycles. The second kappa shape index (κ2) is 4.55. The first kappa shape index (κ1) is 11.6. The van der Waals surface area contributed by atoms with Gasteiger partial charge in [-0.05, 0) is 50.1 Å². The molecule has 16 heavy (non-hydrogen) atoms. The van der Waals surface area contributed by atoms with Crippen LogP contribution >= 0.6 is 31.9 Å². The molecule has 82 valence electrons. The van der Waals surface area contributed by atoms with E-state index in [-0.39, 0.29) is 15.7 Å². The van der Waals surface area contributed by atoms with E-state index in [9.17, 15) is 8.78 Å². The lowest BCUT2D eigenvalue weighted by molar-refractivity contribution is 0.584. The van der Waals surface area contributed by atoms with Crippen molar-refractivity contribution in [2.75, 3.05) is 0 Å². The van der Waals surface area contributed by atoms with Gasteiger partial charge in [0.05, 0.1) is 15.7 Å². The van der Waals surface area contributed by atoms with Crippen molar-refractivity contribution in [2.24, 2.45) is 0 Å². The van der Waals surface area contributed by atoms with Crippen LogP contribution in [0.4, 0.5) is 8.78 Å². The van der Waals surface area contributed by atoms with Crippen LogP contribution in [0.15, 0.2) is 33.6 Å². The fraction of sp³-hybridized carbons (Fsp3) is 0. The zero-order valence-electron chi connectivity index (χ0n) is 7.72. The second-order valence-electron chi connectivity index (χ2n) is 2.94. The molecule has 0 atom stereocenters. The summed E-state index contributed by atoms with van der Waals surface area (Å²) in [5.74, 6) is -1.34. The highest BCUT2D eigenvalue weighted by molar-refractivity contribution is 9.10. The predicted octanol–water partition coefficient (Wildman–Crippen LogP) is 3.95. The number of rotatable bonds is 1. The highest BCUT2D eigenvalue weighted by Gasteiger charge is 2.15. The van der Waals surface area contributed by atoms with Crippen LogP contribution in [-0.4, -0.2) is 9.97 Å². The number of nitrogens with zero attached hydrogens (tertiary/aromatic N) is 2. The fourth-order valence-electron chi connectivity index (χ4n) is 1.23. The number of hydrogen-bond donors (Lipinski definition) is 0. The summed E-state index contributed by atoms with van der Waals surface area (Å²) < 4.78 is 27.9. The molecular weight excluding hydrogens is 346 g/mol. The maximum absolute atomic E-state index is 13.7. The van der Waals surface area contributed by atoms with Gasteiger partial charge in [0, 0.05) is 0 Å². The van der Waals surface area contributed by atoms with Gasteiger partial charge in [0.2, 0.25) is 0 Å². The summed E-state index contributed by atoms with van der Waals surface area (Å²) in [6.45, 7) is 0. The first-order valence-electron chi connectivity index (χ1n) is 4.21. The Balaban J connectivity index is 2.68. The van der Waals surface area contributed by atoms with E-state index in [1.54, 1.807) is 0 Å². The molecule has 0 radical (unpaired) electrons. The van der Waals surface area contributed by atoms with E-state index in [2.05, 4.69) is 41.8 Å². The summed E-state index contributed by atoms with van der Waals surface area (Å²) in [7, 11) is 0. The standard InChI is InChI=1S/C10H4Br2F2N2/c11-5-1-2-6(13)9(10(5)14)7-3-8(12)16-4-15-7/h1-4H. The monoisotopic (exact) mass is 348 g/mol. The van der Waals surface area contributed by atoms with Crippen molar-refractivity contribution in [3.8, 4) is 11.3 Å². The lowest BCUT2D eigenvalue weighted by Gasteiger charge is -2.05. The summed E-state index contributed by atoms with van der Waals surface area (Å²) >= 11 is 6.12. The summed E-state index contributed by atoms with van der Waals surface area (Å²) in [4.78, 5) is 7.63. The first-order valence-corrected chi connectivity index (χ1v) is 5.79. The third kappa shape index (κ3) is 2.12. The van der Waals surface area contributed by atoms with E-state index in [4.69, 9.17) is 0 Å². The molecule has 0 unspecified atom stereocenters. The maximum atomic E-state index is 13.7. The Hall–Kier alpha value is -0.880. The van der Waals surface area contributed by atoms with Gasteiger partial charge in [-0.25, -0.2) is 18.7 Å². The van der Waals surface area contributed by atoms with Gasteiger partial charge in [0.25, 0.3) is 0 Å². The van der Waals surface area contributed by atoms with Crippen molar-refractivity contribution in [2.45, 2.75) is 0 Å². The molecule has 2 aromatic rings. The third-order valence-corrected chi connectivity index (χ3v) is 2.98.